The first-order valence-corrected chi connectivity index (χ1v) is 9.20. The molecule has 1 aromatic carbocycles. The number of para-hydroxylation sites is 1. The molecular weight excluding hydrogens is 405 g/mol. The van der Waals surface area contributed by atoms with Crippen molar-refractivity contribution in [2.45, 2.75) is 38.4 Å². The predicted octanol–water partition coefficient (Wildman–Crippen LogP) is 2.82. The molecule has 2 amide bonds. The normalized spacial score (nSPS) is 19.2. The highest BCUT2D eigenvalue weighted by molar-refractivity contribution is 6.12. The maximum atomic E-state index is 14.4. The van der Waals surface area contributed by atoms with Gasteiger partial charge in [0.15, 0.2) is 0 Å². The summed E-state index contributed by atoms with van der Waals surface area (Å²) in [6.45, 7) is 2.99. The number of allylic oxidation sites excluding steroid dienone is 1. The lowest BCUT2D eigenvalue weighted by atomic mass is 9.88. The highest BCUT2D eigenvalue weighted by Gasteiger charge is 2.70. The van der Waals surface area contributed by atoms with Gasteiger partial charge in [-0.3, -0.25) is 9.59 Å². The van der Waals surface area contributed by atoms with Crippen molar-refractivity contribution in [3.63, 3.8) is 0 Å². The number of hydrogen-bond donors (Lipinski definition) is 1. The molecule has 0 fully saturated rings. The van der Waals surface area contributed by atoms with Crippen LogP contribution in [0.2, 0.25) is 0 Å². The van der Waals surface area contributed by atoms with Gasteiger partial charge in [0, 0.05) is 12.2 Å². The number of methoxy groups -OCH3 is 2. The average Bonchev–Trinajstić information content (AvgIpc) is 2.92. The van der Waals surface area contributed by atoms with Gasteiger partial charge in [-0.15, -0.1) is 0 Å². The summed E-state index contributed by atoms with van der Waals surface area (Å²) in [5, 5.41) is 1.78. The molecular formula is C20H23F3N2O5. The Balaban J connectivity index is 2.67. The lowest BCUT2D eigenvalue weighted by Gasteiger charge is -2.33. The molecule has 0 saturated carbocycles. The second kappa shape index (κ2) is 8.76. The van der Waals surface area contributed by atoms with E-state index in [4.69, 9.17) is 4.74 Å². The Hall–Kier alpha value is -3.04. The van der Waals surface area contributed by atoms with Crippen molar-refractivity contribution in [1.29, 1.82) is 0 Å². The standard InChI is InChI=1S/C20H23F3N2O5/c1-5-6-11-25-12(2)15(17(27)30-4)19(18(25)28,20(21,22)23)24-16(26)13-9-7-8-10-14(13)29-3/h7-10H,5-6,11H2,1-4H3,(H,24,26)/t19-/m0/s1. The molecule has 0 radical (unpaired) electrons. The fourth-order valence-electron chi connectivity index (χ4n) is 3.38. The van der Waals surface area contributed by atoms with Crippen molar-refractivity contribution in [3.05, 3.63) is 41.1 Å². The zero-order valence-electron chi connectivity index (χ0n) is 17.1. The number of carbonyl (C=O) groups is 3. The lowest BCUT2D eigenvalue weighted by Crippen LogP contribution is -2.66. The Labute approximate surface area is 171 Å². The summed E-state index contributed by atoms with van der Waals surface area (Å²) in [7, 11) is 2.16. The summed E-state index contributed by atoms with van der Waals surface area (Å²) >= 11 is 0. The Morgan fingerprint density at radius 2 is 1.83 bits per heavy atom. The minimum atomic E-state index is -5.31. The van der Waals surface area contributed by atoms with Crippen LogP contribution in [0.3, 0.4) is 0 Å². The Bertz CT molecular complexity index is 881. The van der Waals surface area contributed by atoms with E-state index in [-0.39, 0.29) is 23.6 Å². The maximum absolute atomic E-state index is 14.4. The summed E-state index contributed by atoms with van der Waals surface area (Å²) < 4.78 is 52.8. The number of benzene rings is 1. The number of alkyl halides is 3. The molecule has 1 N–H and O–H groups in total. The Morgan fingerprint density at radius 3 is 2.37 bits per heavy atom. The molecule has 0 spiro atoms. The second-order valence-corrected chi connectivity index (χ2v) is 6.66. The Kier molecular flexibility index (Phi) is 6.79. The molecule has 1 aliphatic rings. The third-order valence-electron chi connectivity index (χ3n) is 4.91. The van der Waals surface area contributed by atoms with Crippen LogP contribution in [0.5, 0.6) is 5.75 Å². The highest BCUT2D eigenvalue weighted by atomic mass is 19.4. The van der Waals surface area contributed by atoms with Crippen LogP contribution in [0, 0.1) is 0 Å². The smallest absolute Gasteiger partial charge is 0.425 e. The predicted molar refractivity (Wildman–Crippen MR) is 101 cm³/mol. The van der Waals surface area contributed by atoms with Crippen LogP contribution in [-0.4, -0.2) is 55.2 Å². The molecule has 0 bridgehead atoms. The topological polar surface area (TPSA) is 84.9 Å². The average molecular weight is 428 g/mol. The van der Waals surface area contributed by atoms with Crippen LogP contribution in [0.4, 0.5) is 13.2 Å². The number of hydrogen-bond acceptors (Lipinski definition) is 5. The summed E-state index contributed by atoms with van der Waals surface area (Å²) in [4.78, 5) is 39.1. The second-order valence-electron chi connectivity index (χ2n) is 6.66. The van der Waals surface area contributed by atoms with Gasteiger partial charge in [0.05, 0.1) is 19.8 Å². The molecule has 0 aromatic heterocycles. The number of amides is 2. The SMILES string of the molecule is CCCCN1C(=O)[C@](NC(=O)c2ccccc2OC)(C(F)(F)F)C(C(=O)OC)=C1C. The van der Waals surface area contributed by atoms with E-state index in [1.807, 2.05) is 0 Å². The van der Waals surface area contributed by atoms with Gasteiger partial charge in [-0.25, -0.2) is 4.79 Å². The van der Waals surface area contributed by atoms with Crippen molar-refractivity contribution in [1.82, 2.24) is 10.2 Å². The minimum Gasteiger partial charge on any atom is -0.496 e. The van der Waals surface area contributed by atoms with E-state index in [2.05, 4.69) is 4.74 Å². The van der Waals surface area contributed by atoms with Gasteiger partial charge in [0.1, 0.15) is 11.3 Å². The molecule has 1 heterocycles. The van der Waals surface area contributed by atoms with Crippen LogP contribution < -0.4 is 10.1 Å². The van der Waals surface area contributed by atoms with Gasteiger partial charge < -0.3 is 19.7 Å². The first-order chi connectivity index (χ1) is 14.1. The molecule has 7 nitrogen and oxygen atoms in total. The first-order valence-electron chi connectivity index (χ1n) is 9.20. The van der Waals surface area contributed by atoms with Crippen molar-refractivity contribution in [2.24, 2.45) is 0 Å². The zero-order chi connectivity index (χ0) is 22.7. The summed E-state index contributed by atoms with van der Waals surface area (Å²) in [5.41, 5.74) is -4.96. The van der Waals surface area contributed by atoms with E-state index in [9.17, 15) is 27.6 Å². The van der Waals surface area contributed by atoms with E-state index in [1.165, 1.54) is 38.3 Å². The molecule has 164 valence electrons. The molecule has 1 aromatic rings. The van der Waals surface area contributed by atoms with E-state index >= 15 is 0 Å². The van der Waals surface area contributed by atoms with E-state index < -0.39 is 35.1 Å². The highest BCUT2D eigenvalue weighted by Crippen LogP contribution is 2.45. The van der Waals surface area contributed by atoms with Crippen LogP contribution >= 0.6 is 0 Å². The monoisotopic (exact) mass is 428 g/mol. The summed E-state index contributed by atoms with van der Waals surface area (Å²) in [5.74, 6) is -4.01. The molecule has 0 unspecified atom stereocenters. The third-order valence-corrected chi connectivity index (χ3v) is 4.91. The molecule has 0 aliphatic carbocycles. The van der Waals surface area contributed by atoms with E-state index in [0.717, 1.165) is 12.0 Å². The van der Waals surface area contributed by atoms with E-state index in [0.29, 0.717) is 12.8 Å². The van der Waals surface area contributed by atoms with E-state index in [1.54, 1.807) is 12.2 Å². The summed E-state index contributed by atoms with van der Waals surface area (Å²) in [6, 6.07) is 5.61. The number of halogens is 3. The molecule has 2 rings (SSSR count). The molecule has 1 atom stereocenters. The van der Waals surface area contributed by atoms with Gasteiger partial charge in [-0.05, 0) is 25.5 Å². The van der Waals surface area contributed by atoms with Crippen LogP contribution in [0.15, 0.2) is 35.5 Å². The largest absolute Gasteiger partial charge is 0.496 e. The quantitative estimate of drug-likeness (QED) is 0.675. The zero-order valence-corrected chi connectivity index (χ0v) is 17.1. The molecule has 0 saturated heterocycles. The minimum absolute atomic E-state index is 0.0147. The summed E-state index contributed by atoms with van der Waals surface area (Å²) in [6.07, 6.45) is -4.30. The molecule has 1 aliphatic heterocycles. The van der Waals surface area contributed by atoms with Crippen molar-refractivity contribution >= 4 is 17.8 Å². The van der Waals surface area contributed by atoms with Crippen molar-refractivity contribution in [3.8, 4) is 5.75 Å². The first kappa shape index (κ1) is 23.2. The van der Waals surface area contributed by atoms with Gasteiger partial charge >= 0.3 is 12.1 Å². The maximum Gasteiger partial charge on any atom is 0.425 e. The fraction of sp³-hybridized carbons (Fsp3) is 0.450. The van der Waals surface area contributed by atoms with Crippen LogP contribution in [0.25, 0.3) is 0 Å². The number of esters is 1. The number of carbonyl (C=O) groups excluding carboxylic acids is 3. The number of nitrogens with zero attached hydrogens (tertiary/aromatic N) is 1. The van der Waals surface area contributed by atoms with Crippen molar-refractivity contribution in [2.75, 3.05) is 20.8 Å². The number of ether oxygens (including phenoxy) is 2. The number of nitrogens with one attached hydrogen (secondary N) is 1. The fourth-order valence-corrected chi connectivity index (χ4v) is 3.38. The van der Waals surface area contributed by atoms with Crippen LogP contribution in [0.1, 0.15) is 37.0 Å². The number of unbranched alkanes of at least 4 members (excludes halogenated alkanes) is 1. The molecule has 30 heavy (non-hydrogen) atoms. The van der Waals surface area contributed by atoms with Crippen molar-refractivity contribution < 1.29 is 37.0 Å². The van der Waals surface area contributed by atoms with Crippen LogP contribution in [-0.2, 0) is 14.3 Å². The lowest BCUT2D eigenvalue weighted by molar-refractivity contribution is -0.192. The number of rotatable bonds is 7. The Morgan fingerprint density at radius 1 is 1.20 bits per heavy atom. The van der Waals surface area contributed by atoms with Gasteiger partial charge in [0.2, 0.25) is 0 Å². The third kappa shape index (κ3) is 3.73. The van der Waals surface area contributed by atoms with Gasteiger partial charge in [0.25, 0.3) is 17.4 Å². The van der Waals surface area contributed by atoms with Gasteiger partial charge in [-0.2, -0.15) is 13.2 Å². The van der Waals surface area contributed by atoms with Gasteiger partial charge in [-0.1, -0.05) is 25.5 Å². The molecule has 10 heteroatoms.